The van der Waals surface area contributed by atoms with E-state index in [-0.39, 0.29) is 15.8 Å². The van der Waals surface area contributed by atoms with Gasteiger partial charge in [-0.15, -0.1) is 4.40 Å². The summed E-state index contributed by atoms with van der Waals surface area (Å²) in [7, 11) is -3.87. The number of sulfonamides is 1. The van der Waals surface area contributed by atoms with Crippen molar-refractivity contribution in [3.8, 4) is 0 Å². The van der Waals surface area contributed by atoms with E-state index in [4.69, 9.17) is 11.6 Å². The van der Waals surface area contributed by atoms with E-state index < -0.39 is 10.0 Å². The van der Waals surface area contributed by atoms with Crippen LogP contribution in [0.4, 0.5) is 5.69 Å². The third-order valence-electron chi connectivity index (χ3n) is 4.36. The Morgan fingerprint density at radius 2 is 1.72 bits per heavy atom. The standard InChI is InChI=1S/C21H15ClN2O3S2/c1-13-11-19-18(12-16(13)22)28-21(24-29(19,26)27)23-17-10-6-5-9-15(17)20(25)14-7-3-2-4-8-14/h2-12H,1H3,(H,23,24). The van der Waals surface area contributed by atoms with Crippen LogP contribution in [-0.4, -0.2) is 19.4 Å². The fourth-order valence-corrected chi connectivity index (χ4v) is 5.72. The third kappa shape index (κ3) is 3.94. The van der Waals surface area contributed by atoms with E-state index in [2.05, 4.69) is 9.71 Å². The van der Waals surface area contributed by atoms with E-state index in [1.807, 2.05) is 6.07 Å². The molecule has 0 bridgehead atoms. The minimum Gasteiger partial charge on any atom is -0.333 e. The number of hydrogen-bond acceptors (Lipinski definition) is 5. The zero-order chi connectivity index (χ0) is 20.6. The van der Waals surface area contributed by atoms with Gasteiger partial charge < -0.3 is 5.32 Å². The lowest BCUT2D eigenvalue weighted by atomic mass is 10.0. The molecule has 29 heavy (non-hydrogen) atoms. The predicted octanol–water partition coefficient (Wildman–Crippen LogP) is 5.14. The molecule has 0 spiro atoms. The molecular weight excluding hydrogens is 428 g/mol. The van der Waals surface area contributed by atoms with Crippen LogP contribution in [0.1, 0.15) is 21.5 Å². The van der Waals surface area contributed by atoms with Crippen molar-refractivity contribution in [2.75, 3.05) is 5.32 Å². The molecule has 0 saturated carbocycles. The highest BCUT2D eigenvalue weighted by atomic mass is 35.5. The number of anilines is 1. The maximum Gasteiger partial charge on any atom is 0.285 e. The minimum atomic E-state index is -3.87. The number of carbonyl (C=O) groups excluding carboxylic acids is 1. The average Bonchev–Trinajstić information content (AvgIpc) is 2.70. The van der Waals surface area contributed by atoms with Gasteiger partial charge in [0.05, 0.1) is 5.69 Å². The van der Waals surface area contributed by atoms with Crippen molar-refractivity contribution in [3.63, 3.8) is 0 Å². The molecule has 0 aromatic heterocycles. The van der Waals surface area contributed by atoms with Crippen LogP contribution in [-0.2, 0) is 10.0 Å². The molecule has 1 aliphatic heterocycles. The second-order valence-electron chi connectivity index (χ2n) is 6.39. The van der Waals surface area contributed by atoms with Gasteiger partial charge >= 0.3 is 0 Å². The minimum absolute atomic E-state index is 0.128. The first-order valence-corrected chi connectivity index (χ1v) is 11.3. The molecular formula is C21H15ClN2O3S2. The van der Waals surface area contributed by atoms with Crippen LogP contribution in [0.15, 0.2) is 80.9 Å². The first-order chi connectivity index (χ1) is 13.8. The number of benzene rings is 3. The number of amidine groups is 1. The number of para-hydroxylation sites is 1. The van der Waals surface area contributed by atoms with Crippen molar-refractivity contribution in [3.05, 3.63) is 88.4 Å². The number of aryl methyl sites for hydroxylation is 1. The summed E-state index contributed by atoms with van der Waals surface area (Å²) in [5, 5.41) is 3.64. The summed E-state index contributed by atoms with van der Waals surface area (Å²) >= 11 is 7.33. The molecule has 0 radical (unpaired) electrons. The number of nitrogens with one attached hydrogen (secondary N) is 1. The SMILES string of the molecule is Cc1cc2c(cc1Cl)SC(Nc1ccccc1C(=O)c1ccccc1)=NS2(=O)=O. The van der Waals surface area contributed by atoms with E-state index in [9.17, 15) is 13.2 Å². The largest absolute Gasteiger partial charge is 0.333 e. The fraction of sp³-hybridized carbons (Fsp3) is 0.0476. The molecule has 1 heterocycles. The van der Waals surface area contributed by atoms with Crippen molar-refractivity contribution in [1.29, 1.82) is 0 Å². The van der Waals surface area contributed by atoms with Crippen LogP contribution in [0.25, 0.3) is 0 Å². The Labute approximate surface area is 177 Å². The number of fused-ring (bicyclic) bond motifs is 1. The van der Waals surface area contributed by atoms with Crippen LogP contribution in [0.2, 0.25) is 5.02 Å². The van der Waals surface area contributed by atoms with Crippen molar-refractivity contribution in [2.45, 2.75) is 16.7 Å². The van der Waals surface area contributed by atoms with Crippen LogP contribution in [0.5, 0.6) is 0 Å². The van der Waals surface area contributed by atoms with Gasteiger partial charge in [0.1, 0.15) is 4.90 Å². The number of halogens is 1. The quantitative estimate of drug-likeness (QED) is 0.568. The Morgan fingerprint density at radius 1 is 1.03 bits per heavy atom. The van der Waals surface area contributed by atoms with Gasteiger partial charge in [-0.1, -0.05) is 54.1 Å². The lowest BCUT2D eigenvalue weighted by Gasteiger charge is -2.18. The third-order valence-corrected chi connectivity index (χ3v) is 7.27. The number of carbonyl (C=O) groups is 1. The Bertz CT molecular complexity index is 1260. The highest BCUT2D eigenvalue weighted by molar-refractivity contribution is 8.15. The molecule has 3 aromatic carbocycles. The smallest absolute Gasteiger partial charge is 0.285 e. The van der Waals surface area contributed by atoms with E-state index in [0.29, 0.717) is 32.3 Å². The topological polar surface area (TPSA) is 75.6 Å². The van der Waals surface area contributed by atoms with Gasteiger partial charge in [0.25, 0.3) is 10.0 Å². The summed E-state index contributed by atoms with van der Waals surface area (Å²) in [6.07, 6.45) is 0. The Morgan fingerprint density at radius 3 is 2.48 bits per heavy atom. The van der Waals surface area contributed by atoms with Gasteiger partial charge in [-0.3, -0.25) is 4.79 Å². The van der Waals surface area contributed by atoms with E-state index in [0.717, 1.165) is 11.8 Å². The van der Waals surface area contributed by atoms with Crippen molar-refractivity contribution in [2.24, 2.45) is 4.40 Å². The average molecular weight is 443 g/mol. The molecule has 8 heteroatoms. The Balaban J connectivity index is 1.70. The molecule has 0 amide bonds. The normalized spacial score (nSPS) is 14.6. The Kier molecular flexibility index (Phi) is 5.21. The van der Waals surface area contributed by atoms with Crippen LogP contribution in [0, 0.1) is 6.92 Å². The lowest BCUT2D eigenvalue weighted by molar-refractivity contribution is 0.103. The van der Waals surface area contributed by atoms with Crippen molar-refractivity contribution < 1.29 is 13.2 Å². The molecule has 146 valence electrons. The second kappa shape index (κ2) is 7.67. The van der Waals surface area contributed by atoms with Crippen LogP contribution >= 0.6 is 23.4 Å². The second-order valence-corrected chi connectivity index (χ2v) is 9.40. The molecule has 0 atom stereocenters. The first kappa shape index (κ1) is 19.7. The lowest BCUT2D eigenvalue weighted by Crippen LogP contribution is -2.18. The maximum absolute atomic E-state index is 12.9. The molecule has 3 aromatic rings. The maximum atomic E-state index is 12.9. The van der Waals surface area contributed by atoms with Gasteiger partial charge in [-0.05, 0) is 48.5 Å². The number of nitrogens with zero attached hydrogens (tertiary/aromatic N) is 1. The van der Waals surface area contributed by atoms with Gasteiger partial charge in [-0.25, -0.2) is 0 Å². The molecule has 5 nitrogen and oxygen atoms in total. The molecule has 1 N–H and O–H groups in total. The zero-order valence-corrected chi connectivity index (χ0v) is 17.6. The van der Waals surface area contributed by atoms with E-state index in [1.54, 1.807) is 61.5 Å². The number of thioether (sulfide) groups is 1. The summed E-state index contributed by atoms with van der Waals surface area (Å²) in [6, 6.07) is 18.9. The predicted molar refractivity (Wildman–Crippen MR) is 117 cm³/mol. The van der Waals surface area contributed by atoms with Gasteiger partial charge in [0, 0.05) is 21.0 Å². The summed E-state index contributed by atoms with van der Waals surface area (Å²) < 4.78 is 29.1. The molecule has 0 aliphatic carbocycles. The van der Waals surface area contributed by atoms with Gasteiger partial charge in [-0.2, -0.15) is 8.42 Å². The number of hydrogen-bond donors (Lipinski definition) is 1. The number of rotatable bonds is 3. The van der Waals surface area contributed by atoms with Crippen molar-refractivity contribution in [1.82, 2.24) is 0 Å². The first-order valence-electron chi connectivity index (χ1n) is 8.64. The highest BCUT2D eigenvalue weighted by Crippen LogP contribution is 2.38. The Hall–Kier alpha value is -2.61. The molecule has 4 rings (SSSR count). The molecule has 0 saturated heterocycles. The summed E-state index contributed by atoms with van der Waals surface area (Å²) in [5.74, 6) is -0.169. The molecule has 1 aliphatic rings. The molecule has 0 fully saturated rings. The molecule has 0 unspecified atom stereocenters. The fourth-order valence-electron chi connectivity index (χ4n) is 2.90. The number of ketones is 1. The zero-order valence-electron chi connectivity index (χ0n) is 15.2. The summed E-state index contributed by atoms with van der Waals surface area (Å²) in [5.41, 5.74) is 2.11. The van der Waals surface area contributed by atoms with Crippen LogP contribution in [0.3, 0.4) is 0 Å². The van der Waals surface area contributed by atoms with E-state index >= 15 is 0 Å². The van der Waals surface area contributed by atoms with E-state index in [1.165, 1.54) is 6.07 Å². The van der Waals surface area contributed by atoms with Gasteiger partial charge in [0.2, 0.25) is 0 Å². The summed E-state index contributed by atoms with van der Waals surface area (Å²) in [4.78, 5) is 13.5. The summed E-state index contributed by atoms with van der Waals surface area (Å²) in [6.45, 7) is 1.74. The van der Waals surface area contributed by atoms with Crippen LogP contribution < -0.4 is 5.32 Å². The van der Waals surface area contributed by atoms with Crippen molar-refractivity contribution >= 4 is 50.0 Å². The van der Waals surface area contributed by atoms with Gasteiger partial charge in [0.15, 0.2) is 11.0 Å². The highest BCUT2D eigenvalue weighted by Gasteiger charge is 2.27. The monoisotopic (exact) mass is 442 g/mol.